The van der Waals surface area contributed by atoms with Crippen LogP contribution in [-0.2, 0) is 9.53 Å². The quantitative estimate of drug-likeness (QED) is 0.815. The molecule has 0 radical (unpaired) electrons. The number of hydrogen-bond donors (Lipinski definition) is 1. The Hall–Kier alpha value is -2.96. The largest absolute Gasteiger partial charge is 0.496 e. The minimum atomic E-state index is -0.765. The van der Waals surface area contributed by atoms with E-state index in [1.807, 2.05) is 0 Å². The fourth-order valence-corrected chi connectivity index (χ4v) is 2.24. The molecule has 0 bridgehead atoms. The van der Waals surface area contributed by atoms with Crippen molar-refractivity contribution >= 4 is 11.9 Å². The number of carbonyl (C=O) groups excluding carboxylic acids is 2. The van der Waals surface area contributed by atoms with E-state index in [4.69, 9.17) is 9.47 Å². The third-order valence-corrected chi connectivity index (χ3v) is 3.47. The third-order valence-electron chi connectivity index (χ3n) is 3.47. The van der Waals surface area contributed by atoms with Gasteiger partial charge in [0.2, 0.25) is 0 Å². The van der Waals surface area contributed by atoms with E-state index >= 15 is 0 Å². The van der Waals surface area contributed by atoms with Gasteiger partial charge in [0, 0.05) is 11.6 Å². The van der Waals surface area contributed by atoms with Crippen molar-refractivity contribution in [3.05, 3.63) is 65.2 Å². The van der Waals surface area contributed by atoms with Crippen LogP contribution in [-0.4, -0.2) is 25.6 Å². The van der Waals surface area contributed by atoms with Gasteiger partial charge in [-0.25, -0.2) is 13.6 Å². The van der Waals surface area contributed by atoms with E-state index in [1.54, 1.807) is 18.2 Å². The van der Waals surface area contributed by atoms with Gasteiger partial charge in [0.15, 0.2) is 6.61 Å². The van der Waals surface area contributed by atoms with Crippen molar-refractivity contribution in [3.8, 4) is 5.75 Å². The van der Waals surface area contributed by atoms with E-state index in [0.717, 1.165) is 12.1 Å². The van der Waals surface area contributed by atoms with E-state index < -0.39 is 36.2 Å². The second kappa shape index (κ2) is 8.23. The predicted octanol–water partition coefficient (Wildman–Crippen LogP) is 3.01. The van der Waals surface area contributed by atoms with Crippen LogP contribution in [0.2, 0.25) is 0 Å². The summed E-state index contributed by atoms with van der Waals surface area (Å²) in [7, 11) is 1.41. The summed E-state index contributed by atoms with van der Waals surface area (Å²) in [5.41, 5.74) is 0.321. The fourth-order valence-electron chi connectivity index (χ4n) is 2.24. The number of nitrogens with one attached hydrogen (secondary N) is 1. The van der Waals surface area contributed by atoms with E-state index in [-0.39, 0.29) is 11.1 Å². The van der Waals surface area contributed by atoms with Crippen LogP contribution in [0.15, 0.2) is 42.5 Å². The number of hydrogen-bond acceptors (Lipinski definition) is 4. The molecule has 0 spiro atoms. The highest BCUT2D eigenvalue weighted by molar-refractivity contribution is 5.94. The molecule has 25 heavy (non-hydrogen) atoms. The average Bonchev–Trinajstić information content (AvgIpc) is 2.59. The van der Waals surface area contributed by atoms with E-state index in [2.05, 4.69) is 5.32 Å². The molecule has 1 N–H and O–H groups in total. The van der Waals surface area contributed by atoms with Crippen LogP contribution in [0.4, 0.5) is 8.78 Å². The maximum atomic E-state index is 13.7. The molecular weight excluding hydrogens is 332 g/mol. The monoisotopic (exact) mass is 349 g/mol. The number of ether oxygens (including phenoxy) is 2. The molecule has 1 atom stereocenters. The fraction of sp³-hybridized carbons (Fsp3) is 0.222. The number of carbonyl (C=O) groups is 2. The number of methoxy groups -OCH3 is 1. The molecule has 0 aliphatic rings. The zero-order valence-corrected chi connectivity index (χ0v) is 13.7. The Labute approximate surface area is 143 Å². The summed E-state index contributed by atoms with van der Waals surface area (Å²) in [6, 6.07) is 8.81. The van der Waals surface area contributed by atoms with Crippen molar-refractivity contribution in [2.45, 2.75) is 13.0 Å². The van der Waals surface area contributed by atoms with Crippen LogP contribution in [0.5, 0.6) is 5.75 Å². The summed E-state index contributed by atoms with van der Waals surface area (Å²) in [6.07, 6.45) is 0. The molecule has 0 saturated carbocycles. The van der Waals surface area contributed by atoms with Crippen LogP contribution in [0.1, 0.15) is 28.9 Å². The Kier molecular flexibility index (Phi) is 6.05. The molecule has 1 amide bonds. The first kappa shape index (κ1) is 18.4. The second-order valence-electron chi connectivity index (χ2n) is 5.23. The van der Waals surface area contributed by atoms with Gasteiger partial charge in [0.25, 0.3) is 5.91 Å². The van der Waals surface area contributed by atoms with Gasteiger partial charge in [-0.1, -0.05) is 18.2 Å². The highest BCUT2D eigenvalue weighted by Crippen LogP contribution is 2.19. The average molecular weight is 349 g/mol. The van der Waals surface area contributed by atoms with Crippen molar-refractivity contribution in [2.24, 2.45) is 0 Å². The SMILES string of the molecule is COc1ccccc1C(=O)OCC(=O)N[C@@H](C)c1ccc(F)cc1F. The summed E-state index contributed by atoms with van der Waals surface area (Å²) in [5.74, 6) is -2.47. The van der Waals surface area contributed by atoms with Gasteiger partial charge in [-0.05, 0) is 25.1 Å². The van der Waals surface area contributed by atoms with Gasteiger partial charge in [-0.3, -0.25) is 4.79 Å². The maximum absolute atomic E-state index is 13.7. The summed E-state index contributed by atoms with van der Waals surface area (Å²) in [5, 5.41) is 2.48. The molecule has 0 saturated heterocycles. The topological polar surface area (TPSA) is 64.6 Å². The van der Waals surface area contributed by atoms with Gasteiger partial charge in [-0.15, -0.1) is 0 Å². The van der Waals surface area contributed by atoms with E-state index in [9.17, 15) is 18.4 Å². The smallest absolute Gasteiger partial charge is 0.342 e. The number of halogens is 2. The minimum absolute atomic E-state index is 0.130. The molecule has 0 aliphatic heterocycles. The predicted molar refractivity (Wildman–Crippen MR) is 86.2 cm³/mol. The molecule has 5 nitrogen and oxygen atoms in total. The number of esters is 1. The highest BCUT2D eigenvalue weighted by Gasteiger charge is 2.17. The van der Waals surface area contributed by atoms with Gasteiger partial charge >= 0.3 is 5.97 Å². The number of para-hydroxylation sites is 1. The molecule has 2 aromatic carbocycles. The molecule has 0 heterocycles. The Morgan fingerprint density at radius 3 is 2.56 bits per heavy atom. The zero-order valence-electron chi connectivity index (χ0n) is 13.7. The first-order valence-electron chi connectivity index (χ1n) is 7.47. The summed E-state index contributed by atoms with van der Waals surface area (Å²) < 4.78 is 36.6. The molecular formula is C18H17F2NO4. The summed E-state index contributed by atoms with van der Waals surface area (Å²) >= 11 is 0. The van der Waals surface area contributed by atoms with E-state index in [1.165, 1.54) is 26.2 Å². The van der Waals surface area contributed by atoms with Gasteiger partial charge in [0.1, 0.15) is 22.9 Å². The Morgan fingerprint density at radius 1 is 1.16 bits per heavy atom. The second-order valence-corrected chi connectivity index (χ2v) is 5.23. The first-order chi connectivity index (χ1) is 11.9. The molecule has 0 aromatic heterocycles. The molecule has 132 valence electrons. The van der Waals surface area contributed by atoms with Crippen LogP contribution in [0.3, 0.4) is 0 Å². The Balaban J connectivity index is 1.93. The first-order valence-corrected chi connectivity index (χ1v) is 7.47. The molecule has 0 fully saturated rings. The van der Waals surface area contributed by atoms with Crippen molar-refractivity contribution < 1.29 is 27.8 Å². The lowest BCUT2D eigenvalue weighted by atomic mass is 10.1. The highest BCUT2D eigenvalue weighted by atomic mass is 19.1. The van der Waals surface area contributed by atoms with Crippen LogP contribution in [0.25, 0.3) is 0 Å². The van der Waals surface area contributed by atoms with Gasteiger partial charge in [0.05, 0.1) is 13.2 Å². The van der Waals surface area contributed by atoms with Gasteiger partial charge < -0.3 is 14.8 Å². The lowest BCUT2D eigenvalue weighted by Gasteiger charge is -2.15. The van der Waals surface area contributed by atoms with Crippen molar-refractivity contribution in [2.75, 3.05) is 13.7 Å². The number of amides is 1. The van der Waals surface area contributed by atoms with Crippen LogP contribution >= 0.6 is 0 Å². The van der Waals surface area contributed by atoms with Crippen molar-refractivity contribution in [1.82, 2.24) is 5.32 Å². The number of benzene rings is 2. The summed E-state index contributed by atoms with van der Waals surface area (Å²) in [6.45, 7) is 1.00. The number of rotatable bonds is 6. The van der Waals surface area contributed by atoms with Crippen LogP contribution in [0, 0.1) is 11.6 Å². The van der Waals surface area contributed by atoms with E-state index in [0.29, 0.717) is 5.75 Å². The standard InChI is InChI=1S/C18H17F2NO4/c1-11(13-8-7-12(19)9-15(13)20)21-17(22)10-25-18(23)14-5-3-4-6-16(14)24-2/h3-9,11H,10H2,1-2H3,(H,21,22)/t11-/m0/s1. The Bertz CT molecular complexity index is 779. The lowest BCUT2D eigenvalue weighted by molar-refractivity contribution is -0.124. The summed E-state index contributed by atoms with van der Waals surface area (Å²) in [4.78, 5) is 23.9. The third kappa shape index (κ3) is 4.76. The molecule has 0 unspecified atom stereocenters. The zero-order chi connectivity index (χ0) is 18.4. The molecule has 2 aromatic rings. The van der Waals surface area contributed by atoms with Crippen LogP contribution < -0.4 is 10.1 Å². The maximum Gasteiger partial charge on any atom is 0.342 e. The molecule has 2 rings (SSSR count). The molecule has 0 aliphatic carbocycles. The normalized spacial score (nSPS) is 11.5. The lowest BCUT2D eigenvalue weighted by Crippen LogP contribution is -2.31. The minimum Gasteiger partial charge on any atom is -0.496 e. The van der Waals surface area contributed by atoms with Gasteiger partial charge in [-0.2, -0.15) is 0 Å². The molecule has 7 heteroatoms. The van der Waals surface area contributed by atoms with Crippen molar-refractivity contribution in [1.29, 1.82) is 0 Å². The van der Waals surface area contributed by atoms with Crippen molar-refractivity contribution in [3.63, 3.8) is 0 Å². The Morgan fingerprint density at radius 2 is 1.88 bits per heavy atom.